The average Bonchev–Trinajstić information content (AvgIpc) is 2.61. The fraction of sp³-hybridized carbons (Fsp3) is 0.500. The molecule has 1 aliphatic heterocycles. The standard InChI is InChI=1S/C10H14N2O4S/c1-11(2)7(13)5-12-8(14)6-17-9(12)4-10(15)16-3/h4H,5-6H2,1-3H3/b9-4-. The Morgan fingerprint density at radius 3 is 2.71 bits per heavy atom. The van der Waals surface area contributed by atoms with Crippen LogP contribution in [0.25, 0.3) is 0 Å². The SMILES string of the molecule is COC(=O)/C=C1\SCC(=O)N1CC(=O)N(C)C. The molecule has 0 aromatic carbocycles. The third kappa shape index (κ3) is 3.48. The number of methoxy groups -OCH3 is 1. The van der Waals surface area contributed by atoms with Gasteiger partial charge in [0.05, 0.1) is 24.0 Å². The van der Waals surface area contributed by atoms with Crippen LogP contribution in [-0.2, 0) is 19.1 Å². The van der Waals surface area contributed by atoms with Crippen LogP contribution in [0.5, 0.6) is 0 Å². The third-order valence-electron chi connectivity index (χ3n) is 2.15. The number of likely N-dealkylation sites (N-methyl/N-ethyl adjacent to an activating group) is 1. The number of nitrogens with zero attached hydrogens (tertiary/aromatic N) is 2. The first-order chi connectivity index (χ1) is 7.95. The van der Waals surface area contributed by atoms with Crippen molar-refractivity contribution < 1.29 is 19.1 Å². The highest BCUT2D eigenvalue weighted by Crippen LogP contribution is 2.28. The van der Waals surface area contributed by atoms with Crippen LogP contribution >= 0.6 is 11.8 Å². The number of rotatable bonds is 3. The lowest BCUT2D eigenvalue weighted by atomic mass is 10.4. The second-order valence-electron chi connectivity index (χ2n) is 3.56. The third-order valence-corrected chi connectivity index (χ3v) is 3.17. The zero-order valence-corrected chi connectivity index (χ0v) is 10.7. The zero-order chi connectivity index (χ0) is 13.0. The number of esters is 1. The molecule has 17 heavy (non-hydrogen) atoms. The van der Waals surface area contributed by atoms with Gasteiger partial charge in [0, 0.05) is 14.1 Å². The van der Waals surface area contributed by atoms with Crippen molar-refractivity contribution in [1.29, 1.82) is 0 Å². The monoisotopic (exact) mass is 258 g/mol. The van der Waals surface area contributed by atoms with Gasteiger partial charge in [0.1, 0.15) is 6.54 Å². The molecule has 0 bridgehead atoms. The maximum Gasteiger partial charge on any atom is 0.333 e. The number of carbonyl (C=O) groups is 3. The number of amides is 2. The van der Waals surface area contributed by atoms with Crippen molar-refractivity contribution in [2.45, 2.75) is 0 Å². The highest BCUT2D eigenvalue weighted by Gasteiger charge is 2.29. The second-order valence-corrected chi connectivity index (χ2v) is 4.56. The fourth-order valence-electron chi connectivity index (χ4n) is 1.14. The number of carbonyl (C=O) groups excluding carboxylic acids is 3. The largest absolute Gasteiger partial charge is 0.466 e. The average molecular weight is 258 g/mol. The Labute approximate surface area is 104 Å². The lowest BCUT2D eigenvalue weighted by Crippen LogP contribution is -2.37. The molecule has 7 heteroatoms. The minimum absolute atomic E-state index is 0.0539. The molecule has 1 aliphatic rings. The van der Waals surface area contributed by atoms with E-state index in [9.17, 15) is 14.4 Å². The fourth-order valence-corrected chi connectivity index (χ4v) is 2.07. The molecule has 0 spiro atoms. The first kappa shape index (κ1) is 13.6. The molecular formula is C10H14N2O4S. The Bertz CT molecular complexity index is 379. The van der Waals surface area contributed by atoms with Crippen LogP contribution < -0.4 is 0 Å². The summed E-state index contributed by atoms with van der Waals surface area (Å²) in [7, 11) is 4.48. The highest BCUT2D eigenvalue weighted by molar-refractivity contribution is 8.04. The lowest BCUT2D eigenvalue weighted by Gasteiger charge is -2.18. The summed E-state index contributed by atoms with van der Waals surface area (Å²) >= 11 is 1.22. The lowest BCUT2D eigenvalue weighted by molar-refractivity contribution is -0.136. The van der Waals surface area contributed by atoms with Gasteiger partial charge in [0.2, 0.25) is 11.8 Å². The van der Waals surface area contributed by atoms with Gasteiger partial charge in [-0.1, -0.05) is 11.8 Å². The van der Waals surface area contributed by atoms with E-state index in [1.54, 1.807) is 14.1 Å². The van der Waals surface area contributed by atoms with Crippen molar-refractivity contribution in [1.82, 2.24) is 9.80 Å². The van der Waals surface area contributed by atoms with Crippen molar-refractivity contribution >= 4 is 29.5 Å². The zero-order valence-electron chi connectivity index (χ0n) is 9.93. The van der Waals surface area contributed by atoms with E-state index in [0.29, 0.717) is 5.03 Å². The summed E-state index contributed by atoms with van der Waals surface area (Å²) in [5.41, 5.74) is 0. The molecule has 2 amide bonds. The number of hydrogen-bond acceptors (Lipinski definition) is 5. The van der Waals surface area contributed by atoms with Crippen molar-refractivity contribution in [3.05, 3.63) is 11.1 Å². The molecule has 0 radical (unpaired) electrons. The molecule has 0 unspecified atom stereocenters. The first-order valence-corrected chi connectivity index (χ1v) is 5.87. The Kier molecular flexibility index (Phi) is 4.56. The van der Waals surface area contributed by atoms with E-state index in [1.807, 2.05) is 0 Å². The molecular weight excluding hydrogens is 244 g/mol. The van der Waals surface area contributed by atoms with E-state index >= 15 is 0 Å². The molecule has 94 valence electrons. The van der Waals surface area contributed by atoms with Crippen LogP contribution in [0.15, 0.2) is 11.1 Å². The Hall–Kier alpha value is -1.50. The topological polar surface area (TPSA) is 66.9 Å². The van der Waals surface area contributed by atoms with Gasteiger partial charge in [-0.15, -0.1) is 0 Å². The van der Waals surface area contributed by atoms with Crippen LogP contribution in [0, 0.1) is 0 Å². The highest BCUT2D eigenvalue weighted by atomic mass is 32.2. The van der Waals surface area contributed by atoms with E-state index in [0.717, 1.165) is 0 Å². The van der Waals surface area contributed by atoms with Gasteiger partial charge in [-0.05, 0) is 0 Å². The predicted molar refractivity (Wildman–Crippen MR) is 63.0 cm³/mol. The van der Waals surface area contributed by atoms with Gasteiger partial charge >= 0.3 is 5.97 Å². The predicted octanol–water partition coefficient (Wildman–Crippen LogP) is -0.336. The molecule has 1 rings (SSSR count). The number of thioether (sulfide) groups is 1. The summed E-state index contributed by atoms with van der Waals surface area (Å²) in [5, 5.41) is 0.456. The minimum Gasteiger partial charge on any atom is -0.466 e. The molecule has 0 atom stereocenters. The van der Waals surface area contributed by atoms with Gasteiger partial charge in [-0.25, -0.2) is 4.79 Å². The van der Waals surface area contributed by atoms with Gasteiger partial charge < -0.3 is 9.64 Å². The number of ether oxygens (including phenoxy) is 1. The van der Waals surface area contributed by atoms with E-state index < -0.39 is 5.97 Å². The van der Waals surface area contributed by atoms with Crippen LogP contribution in [0.3, 0.4) is 0 Å². The van der Waals surface area contributed by atoms with E-state index in [-0.39, 0.29) is 24.1 Å². The van der Waals surface area contributed by atoms with E-state index in [4.69, 9.17) is 0 Å². The van der Waals surface area contributed by atoms with Crippen LogP contribution in [-0.4, -0.2) is 61.1 Å². The second kappa shape index (κ2) is 5.72. The van der Waals surface area contributed by atoms with Crippen LogP contribution in [0.4, 0.5) is 0 Å². The van der Waals surface area contributed by atoms with Crippen molar-refractivity contribution in [3.63, 3.8) is 0 Å². The van der Waals surface area contributed by atoms with Gasteiger partial charge in [-0.2, -0.15) is 0 Å². The van der Waals surface area contributed by atoms with E-state index in [1.165, 1.54) is 34.7 Å². The Morgan fingerprint density at radius 2 is 2.18 bits per heavy atom. The molecule has 0 N–H and O–H groups in total. The smallest absolute Gasteiger partial charge is 0.333 e. The van der Waals surface area contributed by atoms with Gasteiger partial charge in [-0.3, -0.25) is 14.5 Å². The van der Waals surface area contributed by atoms with Crippen molar-refractivity contribution in [2.24, 2.45) is 0 Å². The van der Waals surface area contributed by atoms with Gasteiger partial charge in [0.25, 0.3) is 0 Å². The Morgan fingerprint density at radius 1 is 1.53 bits per heavy atom. The maximum absolute atomic E-state index is 11.6. The van der Waals surface area contributed by atoms with Crippen LogP contribution in [0.1, 0.15) is 0 Å². The molecule has 1 fully saturated rings. The summed E-state index contributed by atoms with van der Waals surface area (Å²) in [5.74, 6) is -0.676. The van der Waals surface area contributed by atoms with Crippen molar-refractivity contribution in [3.8, 4) is 0 Å². The maximum atomic E-state index is 11.6. The quantitative estimate of drug-likeness (QED) is 0.512. The first-order valence-electron chi connectivity index (χ1n) is 4.88. The molecule has 6 nitrogen and oxygen atoms in total. The van der Waals surface area contributed by atoms with Crippen molar-refractivity contribution in [2.75, 3.05) is 33.5 Å². The van der Waals surface area contributed by atoms with E-state index in [2.05, 4.69) is 4.74 Å². The molecule has 0 saturated carbocycles. The summed E-state index contributed by atoms with van der Waals surface area (Å²) < 4.78 is 4.49. The molecule has 0 aromatic rings. The minimum atomic E-state index is -0.537. The molecule has 1 saturated heterocycles. The Balaban J connectivity index is 2.79. The van der Waals surface area contributed by atoms with Gasteiger partial charge in [0.15, 0.2) is 0 Å². The van der Waals surface area contributed by atoms with Crippen LogP contribution in [0.2, 0.25) is 0 Å². The summed E-state index contributed by atoms with van der Waals surface area (Å²) in [6.07, 6.45) is 1.22. The molecule has 1 heterocycles. The molecule has 0 aliphatic carbocycles. The summed E-state index contributed by atoms with van der Waals surface area (Å²) in [4.78, 5) is 36.9. The summed E-state index contributed by atoms with van der Waals surface area (Å²) in [6.45, 7) is -0.0539. The molecule has 0 aromatic heterocycles. The summed E-state index contributed by atoms with van der Waals surface area (Å²) in [6, 6.07) is 0. The normalized spacial score (nSPS) is 17.5. The number of hydrogen-bond donors (Lipinski definition) is 0.